The molecule has 1 fully saturated rings. The van der Waals surface area contributed by atoms with Gasteiger partial charge in [-0.15, -0.1) is 10.2 Å². The molecule has 1 amide bonds. The van der Waals surface area contributed by atoms with E-state index >= 15 is 0 Å². The molecule has 1 aliphatic heterocycles. The van der Waals surface area contributed by atoms with E-state index in [9.17, 15) is 4.79 Å². The third kappa shape index (κ3) is 2.90. The van der Waals surface area contributed by atoms with Crippen LogP contribution in [-0.4, -0.2) is 43.7 Å². The van der Waals surface area contributed by atoms with E-state index in [-0.39, 0.29) is 11.8 Å². The van der Waals surface area contributed by atoms with E-state index in [1.165, 1.54) is 0 Å². The average molecular weight is 339 g/mol. The fourth-order valence-electron chi connectivity index (χ4n) is 3.57. The van der Waals surface area contributed by atoms with Crippen molar-refractivity contribution in [2.75, 3.05) is 13.1 Å². The number of aryl methyl sites for hydroxylation is 2. The Morgan fingerprint density at radius 3 is 3.00 bits per heavy atom. The van der Waals surface area contributed by atoms with Crippen molar-refractivity contribution in [2.24, 2.45) is 0 Å². The van der Waals surface area contributed by atoms with Gasteiger partial charge in [0.05, 0.1) is 12.1 Å². The first-order valence-corrected chi connectivity index (χ1v) is 8.62. The fourth-order valence-corrected chi connectivity index (χ4v) is 3.57. The van der Waals surface area contributed by atoms with Gasteiger partial charge in [-0.1, -0.05) is 11.2 Å². The van der Waals surface area contributed by atoms with E-state index in [0.717, 1.165) is 47.9 Å². The van der Waals surface area contributed by atoms with Crippen molar-refractivity contribution in [3.8, 4) is 0 Å². The van der Waals surface area contributed by atoms with Gasteiger partial charge in [0.25, 0.3) is 0 Å². The van der Waals surface area contributed by atoms with Crippen LogP contribution in [0, 0.1) is 13.8 Å². The molecular weight excluding hydrogens is 318 g/mol. The molecule has 0 saturated carbocycles. The SMILES string of the molecule is Cc1noc(C)c1CC(=O)N1CCCC(c2nnc3ccccn23)C1. The minimum absolute atomic E-state index is 0.118. The van der Waals surface area contributed by atoms with Gasteiger partial charge in [-0.2, -0.15) is 0 Å². The molecule has 1 atom stereocenters. The van der Waals surface area contributed by atoms with Gasteiger partial charge in [-0.3, -0.25) is 9.20 Å². The van der Waals surface area contributed by atoms with Crippen LogP contribution in [0.5, 0.6) is 0 Å². The number of fused-ring (bicyclic) bond motifs is 1. The maximum atomic E-state index is 12.8. The highest BCUT2D eigenvalue weighted by atomic mass is 16.5. The van der Waals surface area contributed by atoms with Gasteiger partial charge in [-0.25, -0.2) is 0 Å². The average Bonchev–Trinajstić information content (AvgIpc) is 3.20. The summed E-state index contributed by atoms with van der Waals surface area (Å²) in [4.78, 5) is 14.7. The van der Waals surface area contributed by atoms with Crippen LogP contribution in [0.1, 0.15) is 41.6 Å². The van der Waals surface area contributed by atoms with Crippen LogP contribution >= 0.6 is 0 Å². The van der Waals surface area contributed by atoms with Crippen LogP contribution in [0.15, 0.2) is 28.9 Å². The zero-order valence-electron chi connectivity index (χ0n) is 14.5. The van der Waals surface area contributed by atoms with E-state index in [2.05, 4.69) is 15.4 Å². The highest BCUT2D eigenvalue weighted by Gasteiger charge is 2.28. The minimum atomic E-state index is 0.118. The van der Waals surface area contributed by atoms with Gasteiger partial charge in [0.1, 0.15) is 11.6 Å². The molecule has 1 aliphatic rings. The molecule has 0 bridgehead atoms. The van der Waals surface area contributed by atoms with Gasteiger partial charge < -0.3 is 9.42 Å². The van der Waals surface area contributed by atoms with Gasteiger partial charge in [0.2, 0.25) is 5.91 Å². The Labute approximate surface area is 145 Å². The van der Waals surface area contributed by atoms with Gasteiger partial charge in [0, 0.05) is 30.8 Å². The Hall–Kier alpha value is -2.70. The number of carbonyl (C=O) groups is 1. The molecule has 3 aromatic heterocycles. The number of hydrogen-bond acceptors (Lipinski definition) is 5. The molecule has 1 unspecified atom stereocenters. The predicted octanol–water partition coefficient (Wildman–Crippen LogP) is 2.28. The Bertz CT molecular complexity index is 894. The highest BCUT2D eigenvalue weighted by Crippen LogP contribution is 2.27. The molecular formula is C18H21N5O2. The second-order valence-corrected chi connectivity index (χ2v) is 6.65. The maximum absolute atomic E-state index is 12.8. The van der Waals surface area contributed by atoms with Crippen LogP contribution < -0.4 is 0 Å². The first kappa shape index (κ1) is 15.8. The zero-order valence-corrected chi connectivity index (χ0v) is 14.5. The number of piperidine rings is 1. The smallest absolute Gasteiger partial charge is 0.227 e. The van der Waals surface area contributed by atoms with Crippen molar-refractivity contribution in [3.05, 3.63) is 47.2 Å². The summed E-state index contributed by atoms with van der Waals surface area (Å²) in [6.45, 7) is 5.19. The summed E-state index contributed by atoms with van der Waals surface area (Å²) < 4.78 is 7.19. The summed E-state index contributed by atoms with van der Waals surface area (Å²) in [6, 6.07) is 5.87. The van der Waals surface area contributed by atoms with Crippen LogP contribution in [0.2, 0.25) is 0 Å². The Morgan fingerprint density at radius 1 is 1.32 bits per heavy atom. The molecule has 4 rings (SSSR count). The van der Waals surface area contributed by atoms with Crippen LogP contribution in [0.4, 0.5) is 0 Å². The van der Waals surface area contributed by atoms with Gasteiger partial charge >= 0.3 is 0 Å². The molecule has 0 N–H and O–H groups in total. The van der Waals surface area contributed by atoms with Gasteiger partial charge in [-0.05, 0) is 38.8 Å². The third-order valence-corrected chi connectivity index (χ3v) is 4.99. The predicted molar refractivity (Wildman–Crippen MR) is 91.2 cm³/mol. The van der Waals surface area contributed by atoms with Gasteiger partial charge in [0.15, 0.2) is 5.65 Å². The van der Waals surface area contributed by atoms with Crippen molar-refractivity contribution in [3.63, 3.8) is 0 Å². The lowest BCUT2D eigenvalue weighted by Crippen LogP contribution is -2.40. The number of hydrogen-bond donors (Lipinski definition) is 0. The molecule has 7 nitrogen and oxygen atoms in total. The molecule has 0 spiro atoms. The minimum Gasteiger partial charge on any atom is -0.361 e. The number of carbonyl (C=O) groups excluding carboxylic acids is 1. The van der Waals surface area contributed by atoms with Crippen molar-refractivity contribution in [2.45, 2.75) is 39.0 Å². The topological polar surface area (TPSA) is 76.5 Å². The number of pyridine rings is 1. The quantitative estimate of drug-likeness (QED) is 0.732. The van der Waals surface area contributed by atoms with E-state index < -0.39 is 0 Å². The summed E-state index contributed by atoms with van der Waals surface area (Å²) in [5.41, 5.74) is 2.54. The van der Waals surface area contributed by atoms with Crippen LogP contribution in [0.3, 0.4) is 0 Å². The molecule has 130 valence electrons. The van der Waals surface area contributed by atoms with E-state index in [1.807, 2.05) is 47.5 Å². The number of nitrogens with zero attached hydrogens (tertiary/aromatic N) is 5. The number of amides is 1. The summed E-state index contributed by atoms with van der Waals surface area (Å²) in [5, 5.41) is 12.5. The van der Waals surface area contributed by atoms with Crippen molar-refractivity contribution < 1.29 is 9.32 Å². The fraction of sp³-hybridized carbons (Fsp3) is 0.444. The molecule has 0 radical (unpaired) electrons. The van der Waals surface area contributed by atoms with Crippen LogP contribution in [0.25, 0.3) is 5.65 Å². The maximum Gasteiger partial charge on any atom is 0.227 e. The van der Waals surface area contributed by atoms with E-state index in [1.54, 1.807) is 0 Å². The second kappa shape index (κ2) is 6.31. The van der Waals surface area contributed by atoms with E-state index in [0.29, 0.717) is 13.0 Å². The third-order valence-electron chi connectivity index (χ3n) is 4.99. The van der Waals surface area contributed by atoms with Crippen molar-refractivity contribution in [1.82, 2.24) is 24.7 Å². The molecule has 0 aliphatic carbocycles. The lowest BCUT2D eigenvalue weighted by atomic mass is 9.96. The molecule has 3 aromatic rings. The molecule has 7 heteroatoms. The number of likely N-dealkylation sites (tertiary alicyclic amines) is 1. The van der Waals surface area contributed by atoms with Crippen LogP contribution in [-0.2, 0) is 11.2 Å². The summed E-state index contributed by atoms with van der Waals surface area (Å²) in [7, 11) is 0. The standard InChI is InChI=1S/C18H21N5O2/c1-12-15(13(2)25-21-12)10-17(24)22-8-5-6-14(11-22)18-20-19-16-7-3-4-9-23(16)18/h3-4,7,9,14H,5-6,8,10-11H2,1-2H3. The largest absolute Gasteiger partial charge is 0.361 e. The molecule has 0 aromatic carbocycles. The Balaban J connectivity index is 1.52. The first-order chi connectivity index (χ1) is 12.1. The number of rotatable bonds is 3. The number of aromatic nitrogens is 4. The highest BCUT2D eigenvalue weighted by molar-refractivity contribution is 5.79. The Kier molecular flexibility index (Phi) is 3.99. The first-order valence-electron chi connectivity index (χ1n) is 8.62. The lowest BCUT2D eigenvalue weighted by molar-refractivity contribution is -0.131. The molecule has 25 heavy (non-hydrogen) atoms. The van der Waals surface area contributed by atoms with E-state index in [4.69, 9.17) is 4.52 Å². The summed E-state index contributed by atoms with van der Waals surface area (Å²) in [5.74, 6) is 1.99. The van der Waals surface area contributed by atoms with Crippen molar-refractivity contribution >= 4 is 11.6 Å². The Morgan fingerprint density at radius 2 is 2.20 bits per heavy atom. The normalized spacial score (nSPS) is 18.0. The summed E-state index contributed by atoms with van der Waals surface area (Å²) in [6.07, 6.45) is 4.31. The molecule has 4 heterocycles. The lowest BCUT2D eigenvalue weighted by Gasteiger charge is -2.32. The van der Waals surface area contributed by atoms with Crippen molar-refractivity contribution in [1.29, 1.82) is 0 Å². The zero-order chi connectivity index (χ0) is 17.4. The second-order valence-electron chi connectivity index (χ2n) is 6.65. The summed E-state index contributed by atoms with van der Waals surface area (Å²) >= 11 is 0. The molecule has 1 saturated heterocycles. The monoisotopic (exact) mass is 339 g/mol.